The molecule has 7 heteroatoms. The van der Waals surface area contributed by atoms with Crippen LogP contribution in [0.25, 0.3) is 0 Å². The SMILES string of the molecule is O=Cc1cc(Cl)cc(Cl)c1OCc1nc(C2CC2)no1. The van der Waals surface area contributed by atoms with Crippen LogP contribution >= 0.6 is 23.2 Å². The van der Waals surface area contributed by atoms with Crippen LogP contribution in [-0.2, 0) is 6.61 Å². The van der Waals surface area contributed by atoms with Crippen molar-refractivity contribution in [1.82, 2.24) is 10.1 Å². The summed E-state index contributed by atoms with van der Waals surface area (Å²) in [5, 5.41) is 4.52. The number of carbonyl (C=O) groups is 1. The predicted molar refractivity (Wildman–Crippen MR) is 72.5 cm³/mol. The van der Waals surface area contributed by atoms with Crippen molar-refractivity contribution >= 4 is 29.5 Å². The third-order valence-electron chi connectivity index (χ3n) is 2.93. The molecule has 1 heterocycles. The standard InChI is InChI=1S/C13H10Cl2N2O3/c14-9-3-8(5-18)12(10(15)4-9)19-6-11-16-13(17-20-11)7-1-2-7/h3-5,7H,1-2,6H2. The van der Waals surface area contributed by atoms with Crippen molar-refractivity contribution in [3.05, 3.63) is 39.5 Å². The van der Waals surface area contributed by atoms with E-state index in [1.165, 1.54) is 12.1 Å². The number of aromatic nitrogens is 2. The molecule has 0 N–H and O–H groups in total. The van der Waals surface area contributed by atoms with Crippen molar-refractivity contribution in [2.75, 3.05) is 0 Å². The minimum absolute atomic E-state index is 0.0575. The lowest BCUT2D eigenvalue weighted by Gasteiger charge is -2.08. The van der Waals surface area contributed by atoms with Crippen LogP contribution < -0.4 is 4.74 Å². The normalized spacial score (nSPS) is 14.3. The average Bonchev–Trinajstić information content (AvgIpc) is 3.16. The van der Waals surface area contributed by atoms with Crippen LogP contribution in [0.4, 0.5) is 0 Å². The number of halogens is 2. The maximum Gasteiger partial charge on any atom is 0.264 e. The molecule has 1 aromatic carbocycles. The van der Waals surface area contributed by atoms with Crippen LogP contribution in [0.3, 0.4) is 0 Å². The van der Waals surface area contributed by atoms with Gasteiger partial charge in [0.25, 0.3) is 5.89 Å². The van der Waals surface area contributed by atoms with Gasteiger partial charge in [-0.1, -0.05) is 28.4 Å². The van der Waals surface area contributed by atoms with E-state index in [1.807, 2.05) is 0 Å². The maximum absolute atomic E-state index is 11.0. The Morgan fingerprint density at radius 3 is 2.90 bits per heavy atom. The molecule has 0 amide bonds. The highest BCUT2D eigenvalue weighted by Crippen LogP contribution is 2.38. The lowest BCUT2D eigenvalue weighted by Crippen LogP contribution is -2.00. The summed E-state index contributed by atoms with van der Waals surface area (Å²) < 4.78 is 10.6. The van der Waals surface area contributed by atoms with Gasteiger partial charge in [-0.05, 0) is 25.0 Å². The molecule has 104 valence electrons. The third kappa shape index (κ3) is 2.78. The minimum atomic E-state index is 0.0575. The van der Waals surface area contributed by atoms with Gasteiger partial charge in [-0.3, -0.25) is 4.79 Å². The number of benzene rings is 1. The number of hydrogen-bond acceptors (Lipinski definition) is 5. The van der Waals surface area contributed by atoms with E-state index in [0.717, 1.165) is 12.8 Å². The fraction of sp³-hybridized carbons (Fsp3) is 0.308. The zero-order valence-corrected chi connectivity index (χ0v) is 11.8. The Balaban J connectivity index is 1.75. The molecule has 0 unspecified atom stereocenters. The summed E-state index contributed by atoms with van der Waals surface area (Å²) in [5.41, 5.74) is 0.282. The highest BCUT2D eigenvalue weighted by molar-refractivity contribution is 6.36. The van der Waals surface area contributed by atoms with Crippen LogP contribution in [0.5, 0.6) is 5.75 Å². The molecular formula is C13H10Cl2N2O3. The van der Waals surface area contributed by atoms with Crippen molar-refractivity contribution in [1.29, 1.82) is 0 Å². The molecule has 1 saturated carbocycles. The van der Waals surface area contributed by atoms with Gasteiger partial charge in [0, 0.05) is 10.9 Å². The fourth-order valence-electron chi connectivity index (χ4n) is 1.79. The Kier molecular flexibility index (Phi) is 3.63. The molecular weight excluding hydrogens is 303 g/mol. The van der Waals surface area contributed by atoms with E-state index in [9.17, 15) is 4.79 Å². The Hall–Kier alpha value is -1.59. The lowest BCUT2D eigenvalue weighted by molar-refractivity contribution is 0.111. The molecule has 1 aromatic heterocycles. The molecule has 0 saturated heterocycles. The molecule has 0 bridgehead atoms. The molecule has 1 aliphatic rings. The van der Waals surface area contributed by atoms with E-state index in [4.69, 9.17) is 32.5 Å². The Bertz CT molecular complexity index is 653. The van der Waals surface area contributed by atoms with Gasteiger partial charge in [-0.2, -0.15) is 4.98 Å². The zero-order chi connectivity index (χ0) is 14.1. The van der Waals surface area contributed by atoms with E-state index in [1.54, 1.807) is 0 Å². The van der Waals surface area contributed by atoms with Gasteiger partial charge in [0.2, 0.25) is 0 Å². The van der Waals surface area contributed by atoms with Gasteiger partial charge in [0.05, 0.1) is 10.6 Å². The van der Waals surface area contributed by atoms with Crippen molar-refractivity contribution < 1.29 is 14.1 Å². The highest BCUT2D eigenvalue weighted by atomic mass is 35.5. The summed E-state index contributed by atoms with van der Waals surface area (Å²) in [6, 6.07) is 2.99. The quantitative estimate of drug-likeness (QED) is 0.788. The van der Waals surface area contributed by atoms with Gasteiger partial charge < -0.3 is 9.26 Å². The second-order valence-corrected chi connectivity index (χ2v) is 5.38. The number of nitrogens with zero attached hydrogens (tertiary/aromatic N) is 2. The molecule has 5 nitrogen and oxygen atoms in total. The van der Waals surface area contributed by atoms with E-state index < -0.39 is 0 Å². The second-order valence-electron chi connectivity index (χ2n) is 4.53. The van der Waals surface area contributed by atoms with Crippen LogP contribution in [-0.4, -0.2) is 16.4 Å². The van der Waals surface area contributed by atoms with Crippen LogP contribution in [0, 0.1) is 0 Å². The van der Waals surface area contributed by atoms with Gasteiger partial charge >= 0.3 is 0 Å². The van der Waals surface area contributed by atoms with E-state index in [2.05, 4.69) is 10.1 Å². The van der Waals surface area contributed by atoms with Gasteiger partial charge in [-0.25, -0.2) is 0 Å². The second kappa shape index (κ2) is 5.42. The molecule has 1 aliphatic carbocycles. The summed E-state index contributed by atoms with van der Waals surface area (Å²) >= 11 is 11.8. The van der Waals surface area contributed by atoms with E-state index in [0.29, 0.717) is 28.9 Å². The van der Waals surface area contributed by atoms with Crippen LogP contribution in [0.1, 0.15) is 40.8 Å². The molecule has 0 aliphatic heterocycles. The molecule has 20 heavy (non-hydrogen) atoms. The van der Waals surface area contributed by atoms with Crippen LogP contribution in [0.15, 0.2) is 16.7 Å². The van der Waals surface area contributed by atoms with E-state index in [-0.39, 0.29) is 22.9 Å². The molecule has 2 aromatic rings. The smallest absolute Gasteiger partial charge is 0.264 e. The summed E-state index contributed by atoms with van der Waals surface area (Å²) in [6.07, 6.45) is 2.83. The number of aldehydes is 1. The summed E-state index contributed by atoms with van der Waals surface area (Å²) in [4.78, 5) is 15.2. The Labute approximate surface area is 124 Å². The Morgan fingerprint density at radius 2 is 2.20 bits per heavy atom. The molecule has 1 fully saturated rings. The van der Waals surface area contributed by atoms with Crippen molar-refractivity contribution in [2.45, 2.75) is 25.4 Å². The average molecular weight is 313 g/mol. The zero-order valence-electron chi connectivity index (χ0n) is 10.3. The first-order valence-corrected chi connectivity index (χ1v) is 6.82. The number of hydrogen-bond donors (Lipinski definition) is 0. The number of rotatable bonds is 5. The lowest BCUT2D eigenvalue weighted by atomic mass is 10.2. The Morgan fingerprint density at radius 1 is 1.40 bits per heavy atom. The molecule has 0 radical (unpaired) electrons. The van der Waals surface area contributed by atoms with E-state index >= 15 is 0 Å². The largest absolute Gasteiger partial charge is 0.481 e. The van der Waals surface area contributed by atoms with Crippen molar-refractivity contribution in [3.63, 3.8) is 0 Å². The fourth-order valence-corrected chi connectivity index (χ4v) is 2.35. The minimum Gasteiger partial charge on any atom is -0.481 e. The summed E-state index contributed by atoms with van der Waals surface area (Å²) in [5.74, 6) is 1.74. The van der Waals surface area contributed by atoms with Gasteiger partial charge in [0.1, 0.15) is 5.75 Å². The highest BCUT2D eigenvalue weighted by Gasteiger charge is 2.28. The van der Waals surface area contributed by atoms with Crippen LogP contribution in [0.2, 0.25) is 10.0 Å². The molecule has 0 spiro atoms. The maximum atomic E-state index is 11.0. The third-order valence-corrected chi connectivity index (χ3v) is 3.43. The summed E-state index contributed by atoms with van der Waals surface area (Å²) in [7, 11) is 0. The van der Waals surface area contributed by atoms with Crippen molar-refractivity contribution in [3.8, 4) is 5.75 Å². The van der Waals surface area contributed by atoms with Gasteiger partial charge in [0.15, 0.2) is 18.7 Å². The van der Waals surface area contributed by atoms with Gasteiger partial charge in [-0.15, -0.1) is 0 Å². The molecule has 3 rings (SSSR count). The number of carbonyl (C=O) groups excluding carboxylic acids is 1. The number of ether oxygens (including phenoxy) is 1. The molecule has 0 atom stereocenters. The van der Waals surface area contributed by atoms with Crippen molar-refractivity contribution in [2.24, 2.45) is 0 Å². The first kappa shape index (κ1) is 13.4. The first-order chi connectivity index (χ1) is 9.67. The summed E-state index contributed by atoms with van der Waals surface area (Å²) in [6.45, 7) is 0.0575. The first-order valence-electron chi connectivity index (χ1n) is 6.07. The monoisotopic (exact) mass is 312 g/mol. The predicted octanol–water partition coefficient (Wildman–Crippen LogP) is 3.65. The topological polar surface area (TPSA) is 65.2 Å².